The van der Waals surface area contributed by atoms with Crippen LogP contribution in [-0.2, 0) is 11.3 Å². The summed E-state index contributed by atoms with van der Waals surface area (Å²) in [7, 11) is 3.27. The molecule has 0 aliphatic heterocycles. The Bertz CT molecular complexity index is 134. The van der Waals surface area contributed by atoms with Crippen LogP contribution in [0.4, 0.5) is 0 Å². The second kappa shape index (κ2) is 2.84. The Kier molecular flexibility index (Phi) is 2.06. The molecule has 0 unspecified atom stereocenters. The second-order valence-corrected chi connectivity index (χ2v) is 2.46. The summed E-state index contributed by atoms with van der Waals surface area (Å²) in [5.41, 5.74) is 0. The Morgan fingerprint density at radius 1 is 1.75 bits per heavy atom. The van der Waals surface area contributed by atoms with E-state index in [4.69, 9.17) is 0 Å². The number of hydrogen-bond donors (Lipinski definition) is 0. The summed E-state index contributed by atoms with van der Waals surface area (Å²) in [5, 5.41) is 2.02. The van der Waals surface area contributed by atoms with Gasteiger partial charge in [0.25, 0.3) is 0 Å². The first-order valence-corrected chi connectivity index (χ1v) is 3.21. The van der Waals surface area contributed by atoms with Gasteiger partial charge in [-0.3, -0.25) is 0 Å². The first kappa shape index (κ1) is 5.79. The van der Waals surface area contributed by atoms with Crippen molar-refractivity contribution in [3.8, 4) is 0 Å². The molecule has 1 radical (unpaired) electrons. The average molecular weight is 127 g/mol. The maximum absolute atomic E-state index is 4.65. The van der Waals surface area contributed by atoms with Crippen molar-refractivity contribution in [3.05, 3.63) is 29.5 Å². The monoisotopic (exact) mass is 127 g/mol. The molecule has 0 bridgehead atoms. The van der Waals surface area contributed by atoms with Crippen molar-refractivity contribution in [2.24, 2.45) is 0 Å². The number of rotatable bonds is 2. The minimum atomic E-state index is 0.637. The van der Waals surface area contributed by atoms with Crippen molar-refractivity contribution in [1.29, 1.82) is 0 Å². The lowest BCUT2D eigenvalue weighted by molar-refractivity contribution is 0.232. The molecule has 0 atom stereocenters. The molecule has 2 heteroatoms. The lowest BCUT2D eigenvalue weighted by Gasteiger charge is -1.88. The summed E-state index contributed by atoms with van der Waals surface area (Å²) in [4.78, 5) is 1.22. The van der Waals surface area contributed by atoms with E-state index in [1.165, 1.54) is 4.88 Å². The summed E-state index contributed by atoms with van der Waals surface area (Å²) in [6.45, 7) is 0.637. The first-order chi connectivity index (χ1) is 3.93. The van der Waals surface area contributed by atoms with Crippen LogP contribution in [-0.4, -0.2) is 0 Å². The summed E-state index contributed by atoms with van der Waals surface area (Å²) < 4.78 is 4.65. The van der Waals surface area contributed by atoms with Gasteiger partial charge in [0.05, 0.1) is 13.7 Å². The lowest BCUT2D eigenvalue weighted by atomic mass is 10.5. The van der Waals surface area contributed by atoms with Gasteiger partial charge in [-0.15, -0.1) is 11.3 Å². The van der Waals surface area contributed by atoms with Crippen LogP contribution in [0.25, 0.3) is 0 Å². The van der Waals surface area contributed by atoms with Crippen LogP contribution >= 0.6 is 11.3 Å². The summed E-state index contributed by atoms with van der Waals surface area (Å²) in [6.07, 6.45) is 0. The highest BCUT2D eigenvalue weighted by molar-refractivity contribution is 7.09. The Morgan fingerprint density at radius 2 is 2.62 bits per heavy atom. The van der Waals surface area contributed by atoms with Crippen molar-refractivity contribution < 1.29 is 4.74 Å². The Balaban J connectivity index is 2.50. The van der Waals surface area contributed by atoms with Crippen LogP contribution in [0.1, 0.15) is 4.88 Å². The van der Waals surface area contributed by atoms with Gasteiger partial charge in [0.2, 0.25) is 0 Å². The molecule has 8 heavy (non-hydrogen) atoms. The maximum Gasteiger partial charge on any atom is 0.0810 e. The smallest absolute Gasteiger partial charge is 0.0810 e. The van der Waals surface area contributed by atoms with E-state index < -0.39 is 0 Å². The number of ether oxygens (including phenoxy) is 1. The molecule has 1 heterocycles. The van der Waals surface area contributed by atoms with Crippen molar-refractivity contribution >= 4 is 11.3 Å². The SMILES string of the molecule is [CH2]OCc1cccs1. The summed E-state index contributed by atoms with van der Waals surface area (Å²) >= 11 is 1.68. The standard InChI is InChI=1S/C6H7OS/c1-7-5-6-3-2-4-8-6/h2-4H,1,5H2. The number of hydrogen-bond acceptors (Lipinski definition) is 2. The van der Waals surface area contributed by atoms with Gasteiger partial charge in [-0.25, -0.2) is 0 Å². The van der Waals surface area contributed by atoms with Crippen LogP contribution in [0.5, 0.6) is 0 Å². The highest BCUT2D eigenvalue weighted by Gasteiger charge is 1.87. The van der Waals surface area contributed by atoms with Gasteiger partial charge in [0, 0.05) is 4.88 Å². The highest BCUT2D eigenvalue weighted by Crippen LogP contribution is 2.08. The third-order valence-electron chi connectivity index (χ3n) is 0.824. The van der Waals surface area contributed by atoms with Crippen LogP contribution in [0, 0.1) is 7.11 Å². The molecule has 0 N–H and O–H groups in total. The third kappa shape index (κ3) is 1.32. The van der Waals surface area contributed by atoms with E-state index >= 15 is 0 Å². The van der Waals surface area contributed by atoms with E-state index in [0.29, 0.717) is 6.61 Å². The fourth-order valence-corrected chi connectivity index (χ4v) is 1.14. The average Bonchev–Trinajstić information content (AvgIpc) is 2.19. The fraction of sp³-hybridized carbons (Fsp3) is 0.167. The topological polar surface area (TPSA) is 9.23 Å². The largest absolute Gasteiger partial charge is 0.374 e. The van der Waals surface area contributed by atoms with E-state index in [0.717, 1.165) is 0 Å². The Morgan fingerprint density at radius 3 is 3.12 bits per heavy atom. The third-order valence-corrected chi connectivity index (χ3v) is 1.67. The quantitative estimate of drug-likeness (QED) is 0.590. The van der Waals surface area contributed by atoms with Gasteiger partial charge in [-0.2, -0.15) is 0 Å². The zero-order chi connectivity index (χ0) is 5.82. The fourth-order valence-electron chi connectivity index (χ4n) is 0.495. The molecule has 1 rings (SSSR count). The normalized spacial score (nSPS) is 9.62. The summed E-state index contributed by atoms with van der Waals surface area (Å²) in [5.74, 6) is 0. The van der Waals surface area contributed by atoms with E-state index in [1.807, 2.05) is 17.5 Å². The maximum atomic E-state index is 4.65. The second-order valence-electron chi connectivity index (χ2n) is 1.43. The Labute approximate surface area is 52.9 Å². The van der Waals surface area contributed by atoms with Crippen LogP contribution < -0.4 is 0 Å². The van der Waals surface area contributed by atoms with Crippen LogP contribution in [0.2, 0.25) is 0 Å². The molecule has 0 spiro atoms. The molecular weight excluding hydrogens is 120 g/mol. The molecule has 0 fully saturated rings. The van der Waals surface area contributed by atoms with Gasteiger partial charge in [0.15, 0.2) is 0 Å². The van der Waals surface area contributed by atoms with E-state index in [9.17, 15) is 0 Å². The predicted molar refractivity (Wildman–Crippen MR) is 34.5 cm³/mol. The molecule has 1 nitrogen and oxygen atoms in total. The molecule has 0 amide bonds. The molecule has 1 aromatic rings. The van der Waals surface area contributed by atoms with Crippen LogP contribution in [0.3, 0.4) is 0 Å². The lowest BCUT2D eigenvalue weighted by Crippen LogP contribution is -1.76. The molecule has 0 aliphatic rings. The molecule has 0 aliphatic carbocycles. The first-order valence-electron chi connectivity index (χ1n) is 2.33. The zero-order valence-corrected chi connectivity index (χ0v) is 5.28. The molecule has 0 saturated heterocycles. The molecule has 43 valence electrons. The van der Waals surface area contributed by atoms with E-state index in [1.54, 1.807) is 11.3 Å². The van der Waals surface area contributed by atoms with Crippen molar-refractivity contribution in [3.63, 3.8) is 0 Å². The predicted octanol–water partition coefficient (Wildman–Crippen LogP) is 2.06. The minimum absolute atomic E-state index is 0.637. The molecule has 1 aromatic heterocycles. The van der Waals surface area contributed by atoms with E-state index in [-0.39, 0.29) is 0 Å². The molecular formula is C6H7OS. The molecule has 0 saturated carbocycles. The van der Waals surface area contributed by atoms with Gasteiger partial charge >= 0.3 is 0 Å². The van der Waals surface area contributed by atoms with Crippen molar-refractivity contribution in [1.82, 2.24) is 0 Å². The highest BCUT2D eigenvalue weighted by atomic mass is 32.1. The zero-order valence-electron chi connectivity index (χ0n) is 4.46. The minimum Gasteiger partial charge on any atom is -0.374 e. The number of thiophene rings is 1. The summed E-state index contributed by atoms with van der Waals surface area (Å²) in [6, 6.07) is 4.02. The van der Waals surface area contributed by atoms with Gasteiger partial charge < -0.3 is 4.74 Å². The molecule has 0 aromatic carbocycles. The van der Waals surface area contributed by atoms with E-state index in [2.05, 4.69) is 11.8 Å². The van der Waals surface area contributed by atoms with Crippen molar-refractivity contribution in [2.45, 2.75) is 6.61 Å². The van der Waals surface area contributed by atoms with Gasteiger partial charge in [-0.05, 0) is 11.4 Å². The van der Waals surface area contributed by atoms with Crippen LogP contribution in [0.15, 0.2) is 17.5 Å². The van der Waals surface area contributed by atoms with Gasteiger partial charge in [0.1, 0.15) is 0 Å². The van der Waals surface area contributed by atoms with Crippen molar-refractivity contribution in [2.75, 3.05) is 0 Å². The van der Waals surface area contributed by atoms with Gasteiger partial charge in [-0.1, -0.05) is 6.07 Å². The Hall–Kier alpha value is -0.340.